The summed E-state index contributed by atoms with van der Waals surface area (Å²) < 4.78 is 5.18. The monoisotopic (exact) mass is 208 g/mol. The van der Waals surface area contributed by atoms with Crippen LogP contribution in [0.3, 0.4) is 0 Å². The molecule has 0 aromatic rings. The van der Waals surface area contributed by atoms with Gasteiger partial charge < -0.3 is 4.74 Å². The topological polar surface area (TPSA) is 9.23 Å². The third-order valence-corrected chi connectivity index (χ3v) is 5.31. The summed E-state index contributed by atoms with van der Waals surface area (Å²) in [6, 6.07) is 0. The molecule has 0 radical (unpaired) electrons. The van der Waals surface area contributed by atoms with E-state index in [1.807, 2.05) is 7.11 Å². The van der Waals surface area contributed by atoms with E-state index in [0.717, 1.165) is 36.2 Å². The molecule has 0 unspecified atom stereocenters. The summed E-state index contributed by atoms with van der Waals surface area (Å²) in [5, 5.41) is 0. The quantitative estimate of drug-likeness (QED) is 0.643. The van der Waals surface area contributed by atoms with Gasteiger partial charge in [0.25, 0.3) is 0 Å². The summed E-state index contributed by atoms with van der Waals surface area (Å²) >= 11 is 0. The summed E-state index contributed by atoms with van der Waals surface area (Å²) in [7, 11) is 1.83. The highest BCUT2D eigenvalue weighted by atomic mass is 16.5. The first-order valence-corrected chi connectivity index (χ1v) is 6.85. The molecule has 4 bridgehead atoms. The maximum absolute atomic E-state index is 5.18. The summed E-state index contributed by atoms with van der Waals surface area (Å²) in [5.74, 6) is 5.56. The van der Waals surface area contributed by atoms with E-state index in [9.17, 15) is 0 Å². The molecule has 4 aliphatic rings. The third-order valence-electron chi connectivity index (χ3n) is 5.31. The Morgan fingerprint density at radius 3 is 2.07 bits per heavy atom. The van der Waals surface area contributed by atoms with E-state index in [0.29, 0.717) is 0 Å². The van der Waals surface area contributed by atoms with Gasteiger partial charge in [0.1, 0.15) is 0 Å². The van der Waals surface area contributed by atoms with Gasteiger partial charge in [0.15, 0.2) is 0 Å². The first-order chi connectivity index (χ1) is 7.36. The second-order valence-corrected chi connectivity index (χ2v) is 6.23. The fraction of sp³-hybridized carbons (Fsp3) is 1.00. The van der Waals surface area contributed by atoms with Crippen LogP contribution in [-0.4, -0.2) is 13.7 Å². The first kappa shape index (κ1) is 10.1. The number of hydrogen-bond acceptors (Lipinski definition) is 1. The molecule has 0 aromatic carbocycles. The van der Waals surface area contributed by atoms with Crippen molar-refractivity contribution in [2.24, 2.45) is 29.6 Å². The van der Waals surface area contributed by atoms with E-state index in [1.165, 1.54) is 12.8 Å². The van der Waals surface area contributed by atoms with Crippen LogP contribution in [0.4, 0.5) is 0 Å². The van der Waals surface area contributed by atoms with E-state index in [-0.39, 0.29) is 0 Å². The van der Waals surface area contributed by atoms with E-state index in [2.05, 4.69) is 0 Å². The summed E-state index contributed by atoms with van der Waals surface area (Å²) in [6.45, 7) is 0.975. The molecule has 1 nitrogen and oxygen atoms in total. The van der Waals surface area contributed by atoms with Crippen molar-refractivity contribution in [3.8, 4) is 0 Å². The van der Waals surface area contributed by atoms with Crippen molar-refractivity contribution in [3.63, 3.8) is 0 Å². The molecule has 0 spiro atoms. The SMILES string of the molecule is COCCCC1C2CC3CC(C2)CC1C3. The highest BCUT2D eigenvalue weighted by Gasteiger charge is 2.47. The lowest BCUT2D eigenvalue weighted by molar-refractivity contribution is -0.0420. The predicted molar refractivity (Wildman–Crippen MR) is 61.6 cm³/mol. The maximum atomic E-state index is 5.18. The molecule has 0 N–H and O–H groups in total. The maximum Gasteiger partial charge on any atom is 0.0462 e. The van der Waals surface area contributed by atoms with Crippen LogP contribution < -0.4 is 0 Å². The van der Waals surface area contributed by atoms with Gasteiger partial charge in [-0.2, -0.15) is 0 Å². The normalized spacial score (nSPS) is 47.4. The van der Waals surface area contributed by atoms with Gasteiger partial charge in [-0.25, -0.2) is 0 Å². The van der Waals surface area contributed by atoms with Crippen LogP contribution in [-0.2, 0) is 4.74 Å². The Balaban J connectivity index is 1.60. The molecule has 4 saturated carbocycles. The van der Waals surface area contributed by atoms with Gasteiger partial charge in [-0.1, -0.05) is 0 Å². The second kappa shape index (κ2) is 4.08. The zero-order valence-electron chi connectivity index (χ0n) is 9.95. The van der Waals surface area contributed by atoms with Gasteiger partial charge in [-0.15, -0.1) is 0 Å². The predicted octanol–water partition coefficient (Wildman–Crippen LogP) is 3.49. The van der Waals surface area contributed by atoms with Crippen molar-refractivity contribution in [2.75, 3.05) is 13.7 Å². The molecule has 0 heterocycles. The van der Waals surface area contributed by atoms with Crippen LogP contribution in [0.1, 0.15) is 44.9 Å². The van der Waals surface area contributed by atoms with Crippen molar-refractivity contribution in [3.05, 3.63) is 0 Å². The Bertz CT molecular complexity index is 195. The molecule has 1 heteroatoms. The lowest BCUT2D eigenvalue weighted by Crippen LogP contribution is -2.45. The molecule has 4 rings (SSSR count). The Morgan fingerprint density at radius 2 is 1.53 bits per heavy atom. The van der Waals surface area contributed by atoms with Crippen LogP contribution in [0, 0.1) is 29.6 Å². The number of methoxy groups -OCH3 is 1. The van der Waals surface area contributed by atoms with Gasteiger partial charge >= 0.3 is 0 Å². The molecular formula is C14H24O. The van der Waals surface area contributed by atoms with E-state index >= 15 is 0 Å². The van der Waals surface area contributed by atoms with E-state index < -0.39 is 0 Å². The van der Waals surface area contributed by atoms with Crippen molar-refractivity contribution in [2.45, 2.75) is 44.9 Å². The van der Waals surface area contributed by atoms with Gasteiger partial charge in [-0.05, 0) is 74.5 Å². The van der Waals surface area contributed by atoms with Crippen LogP contribution in [0.25, 0.3) is 0 Å². The Labute approximate surface area is 93.6 Å². The number of ether oxygens (including phenoxy) is 1. The van der Waals surface area contributed by atoms with E-state index in [4.69, 9.17) is 4.74 Å². The largest absolute Gasteiger partial charge is 0.385 e. The lowest BCUT2D eigenvalue weighted by Gasteiger charge is -2.54. The van der Waals surface area contributed by atoms with Crippen LogP contribution in [0.5, 0.6) is 0 Å². The van der Waals surface area contributed by atoms with Crippen molar-refractivity contribution < 1.29 is 4.74 Å². The number of hydrogen-bond donors (Lipinski definition) is 0. The van der Waals surface area contributed by atoms with Crippen molar-refractivity contribution in [1.29, 1.82) is 0 Å². The minimum atomic E-state index is 0.975. The van der Waals surface area contributed by atoms with Gasteiger partial charge in [-0.3, -0.25) is 0 Å². The lowest BCUT2D eigenvalue weighted by atomic mass is 9.51. The Hall–Kier alpha value is -0.0400. The zero-order chi connectivity index (χ0) is 10.3. The third kappa shape index (κ3) is 1.84. The molecule has 0 aromatic heterocycles. The number of rotatable bonds is 4. The molecule has 0 amide bonds. The minimum absolute atomic E-state index is 0.975. The fourth-order valence-electron chi connectivity index (χ4n) is 4.97. The molecule has 4 fully saturated rings. The van der Waals surface area contributed by atoms with Crippen LogP contribution >= 0.6 is 0 Å². The molecular weight excluding hydrogens is 184 g/mol. The Morgan fingerprint density at radius 1 is 0.933 bits per heavy atom. The fourth-order valence-corrected chi connectivity index (χ4v) is 4.97. The standard InChI is InChI=1S/C14H24O/c1-15-4-2-3-14-12-6-10-5-11(8-12)9-13(14)7-10/h10-14H,2-9H2,1H3. The minimum Gasteiger partial charge on any atom is -0.385 e. The molecule has 15 heavy (non-hydrogen) atoms. The molecule has 86 valence electrons. The van der Waals surface area contributed by atoms with Crippen molar-refractivity contribution in [1.82, 2.24) is 0 Å². The van der Waals surface area contributed by atoms with Crippen LogP contribution in [0.15, 0.2) is 0 Å². The highest BCUT2D eigenvalue weighted by Crippen LogP contribution is 2.57. The average molecular weight is 208 g/mol. The van der Waals surface area contributed by atoms with Crippen LogP contribution in [0.2, 0.25) is 0 Å². The molecule has 0 saturated heterocycles. The summed E-state index contributed by atoms with van der Waals surface area (Å²) in [5.41, 5.74) is 0. The average Bonchev–Trinajstić information content (AvgIpc) is 2.21. The summed E-state index contributed by atoms with van der Waals surface area (Å²) in [4.78, 5) is 0. The second-order valence-electron chi connectivity index (χ2n) is 6.23. The highest BCUT2D eigenvalue weighted by molar-refractivity contribution is 4.97. The summed E-state index contributed by atoms with van der Waals surface area (Å²) in [6.07, 6.45) is 10.6. The molecule has 0 aliphatic heterocycles. The zero-order valence-corrected chi connectivity index (χ0v) is 9.95. The van der Waals surface area contributed by atoms with Gasteiger partial charge in [0.05, 0.1) is 0 Å². The first-order valence-electron chi connectivity index (χ1n) is 6.85. The van der Waals surface area contributed by atoms with Gasteiger partial charge in [0, 0.05) is 13.7 Å². The van der Waals surface area contributed by atoms with Gasteiger partial charge in [0.2, 0.25) is 0 Å². The Kier molecular flexibility index (Phi) is 2.76. The van der Waals surface area contributed by atoms with E-state index in [1.54, 1.807) is 32.1 Å². The molecule has 4 aliphatic carbocycles. The molecule has 0 atom stereocenters. The van der Waals surface area contributed by atoms with Crippen molar-refractivity contribution >= 4 is 0 Å². The smallest absolute Gasteiger partial charge is 0.0462 e.